The summed E-state index contributed by atoms with van der Waals surface area (Å²) in [5.41, 5.74) is 0.951. The molecule has 178 valence electrons. The van der Waals surface area contributed by atoms with E-state index >= 15 is 0 Å². The number of hydrogen-bond donors (Lipinski definition) is 1. The van der Waals surface area contributed by atoms with Crippen molar-refractivity contribution in [3.8, 4) is 0 Å². The van der Waals surface area contributed by atoms with Crippen LogP contribution in [0.1, 0.15) is 22.8 Å². The van der Waals surface area contributed by atoms with Crippen molar-refractivity contribution < 1.29 is 27.1 Å². The highest BCUT2D eigenvalue weighted by Gasteiger charge is 2.24. The van der Waals surface area contributed by atoms with Crippen LogP contribution in [0.5, 0.6) is 0 Å². The largest absolute Gasteiger partial charge is 0.469 e. The topological polar surface area (TPSA) is 92.8 Å². The summed E-state index contributed by atoms with van der Waals surface area (Å²) in [5, 5.41) is 0. The molecule has 1 amide bonds. The van der Waals surface area contributed by atoms with Gasteiger partial charge in [-0.1, -0.05) is 49.4 Å². The van der Waals surface area contributed by atoms with Crippen LogP contribution in [0.15, 0.2) is 83.8 Å². The molecule has 0 fully saturated rings. The smallest absolute Gasteiger partial charge is 0.310 e. The molecular weight excluding hydrogens is 459 g/mol. The zero-order valence-corrected chi connectivity index (χ0v) is 19.6. The maximum absolute atomic E-state index is 13.9. The quantitative estimate of drug-likeness (QED) is 0.462. The third-order valence-corrected chi connectivity index (χ3v) is 6.51. The zero-order valence-electron chi connectivity index (χ0n) is 18.8. The summed E-state index contributed by atoms with van der Waals surface area (Å²) in [4.78, 5) is 26.6. The molecule has 7 nitrogen and oxygen atoms in total. The van der Waals surface area contributed by atoms with E-state index < -0.39 is 27.7 Å². The summed E-state index contributed by atoms with van der Waals surface area (Å²) >= 11 is 0. The van der Waals surface area contributed by atoms with Gasteiger partial charge in [-0.15, -0.1) is 0 Å². The highest BCUT2D eigenvalue weighted by Crippen LogP contribution is 2.20. The minimum absolute atomic E-state index is 0.120. The molecule has 0 spiro atoms. The van der Waals surface area contributed by atoms with Crippen LogP contribution >= 0.6 is 0 Å². The first-order valence-electron chi connectivity index (χ1n) is 10.5. The molecule has 1 atom stereocenters. The number of hydrogen-bond acceptors (Lipinski definition) is 5. The van der Waals surface area contributed by atoms with Crippen LogP contribution in [0, 0.1) is 11.7 Å². The summed E-state index contributed by atoms with van der Waals surface area (Å²) in [6.45, 7) is 2.05. The number of ether oxygens (including phenoxy) is 1. The molecule has 0 aliphatic carbocycles. The predicted octanol–water partition coefficient (Wildman–Crippen LogP) is 4.08. The van der Waals surface area contributed by atoms with Crippen molar-refractivity contribution in [2.24, 2.45) is 5.92 Å². The normalized spacial score (nSPS) is 12.0. The Morgan fingerprint density at radius 1 is 0.971 bits per heavy atom. The molecule has 0 radical (unpaired) electrons. The van der Waals surface area contributed by atoms with E-state index in [-0.39, 0.29) is 35.1 Å². The zero-order chi connectivity index (χ0) is 24.7. The second-order valence-electron chi connectivity index (χ2n) is 7.71. The maximum atomic E-state index is 13.9. The average Bonchev–Trinajstić information content (AvgIpc) is 2.84. The first kappa shape index (κ1) is 24.9. The maximum Gasteiger partial charge on any atom is 0.310 e. The number of halogens is 1. The fourth-order valence-electron chi connectivity index (χ4n) is 3.34. The summed E-state index contributed by atoms with van der Waals surface area (Å²) < 4.78 is 46.1. The minimum atomic E-state index is -4.06. The van der Waals surface area contributed by atoms with E-state index in [1.54, 1.807) is 6.92 Å². The van der Waals surface area contributed by atoms with Crippen LogP contribution in [-0.4, -0.2) is 38.8 Å². The highest BCUT2D eigenvalue weighted by atomic mass is 32.2. The number of carbonyl (C=O) groups is 2. The Labute approximate surface area is 198 Å². The van der Waals surface area contributed by atoms with Crippen LogP contribution < -0.4 is 4.72 Å². The fourth-order valence-corrected chi connectivity index (χ4v) is 4.40. The van der Waals surface area contributed by atoms with Gasteiger partial charge in [0, 0.05) is 18.7 Å². The lowest BCUT2D eigenvalue weighted by atomic mass is 10.1. The van der Waals surface area contributed by atoms with Gasteiger partial charge in [-0.25, -0.2) is 12.8 Å². The van der Waals surface area contributed by atoms with E-state index in [0.29, 0.717) is 0 Å². The Balaban J connectivity index is 1.82. The summed E-state index contributed by atoms with van der Waals surface area (Å²) in [5.74, 6) is -2.06. The summed E-state index contributed by atoms with van der Waals surface area (Å²) in [6, 6.07) is 20.1. The second kappa shape index (κ2) is 10.9. The number of para-hydroxylation sites is 1. The third kappa shape index (κ3) is 6.20. The van der Waals surface area contributed by atoms with Gasteiger partial charge in [0.25, 0.3) is 15.9 Å². The molecule has 3 rings (SSSR count). The Hall–Kier alpha value is -3.72. The van der Waals surface area contributed by atoms with Gasteiger partial charge in [-0.2, -0.15) is 0 Å². The number of nitrogens with one attached hydrogen (secondary N) is 1. The predicted molar refractivity (Wildman–Crippen MR) is 126 cm³/mol. The lowest BCUT2D eigenvalue weighted by Crippen LogP contribution is -2.36. The highest BCUT2D eigenvalue weighted by molar-refractivity contribution is 7.92. The van der Waals surface area contributed by atoms with Gasteiger partial charge in [0.15, 0.2) is 0 Å². The number of sulfonamides is 1. The Bertz CT molecular complexity index is 1250. The van der Waals surface area contributed by atoms with Crippen molar-refractivity contribution in [2.45, 2.75) is 18.4 Å². The van der Waals surface area contributed by atoms with E-state index in [9.17, 15) is 22.4 Å². The lowest BCUT2D eigenvalue weighted by Gasteiger charge is -2.25. The lowest BCUT2D eigenvalue weighted by molar-refractivity contribution is -0.145. The van der Waals surface area contributed by atoms with Gasteiger partial charge in [0.2, 0.25) is 0 Å². The van der Waals surface area contributed by atoms with Crippen LogP contribution in [-0.2, 0) is 26.1 Å². The number of carbonyl (C=O) groups excluding carboxylic acids is 2. The Morgan fingerprint density at radius 2 is 1.59 bits per heavy atom. The van der Waals surface area contributed by atoms with Gasteiger partial charge in [-0.3, -0.25) is 14.3 Å². The van der Waals surface area contributed by atoms with Crippen molar-refractivity contribution in [1.29, 1.82) is 0 Å². The minimum Gasteiger partial charge on any atom is -0.469 e. The molecule has 9 heteroatoms. The summed E-state index contributed by atoms with van der Waals surface area (Å²) in [7, 11) is -2.77. The van der Waals surface area contributed by atoms with Gasteiger partial charge in [-0.05, 0) is 42.0 Å². The molecule has 0 bridgehead atoms. The number of esters is 1. The van der Waals surface area contributed by atoms with Crippen molar-refractivity contribution in [1.82, 2.24) is 4.90 Å². The first-order chi connectivity index (χ1) is 16.2. The molecule has 0 aromatic heterocycles. The Kier molecular flexibility index (Phi) is 8.01. The third-order valence-electron chi connectivity index (χ3n) is 5.13. The van der Waals surface area contributed by atoms with Crippen LogP contribution in [0.25, 0.3) is 0 Å². The van der Waals surface area contributed by atoms with Crippen molar-refractivity contribution >= 4 is 27.6 Å². The number of anilines is 1. The van der Waals surface area contributed by atoms with Crippen LogP contribution in [0.2, 0.25) is 0 Å². The number of rotatable bonds is 9. The molecule has 0 heterocycles. The SMILES string of the molecule is COC(=O)C(C)CN(Cc1ccccc1)C(=O)c1ccc(S(=O)(=O)Nc2ccccc2F)cc1. The van der Waals surface area contributed by atoms with Crippen molar-refractivity contribution in [3.05, 3.63) is 95.8 Å². The Morgan fingerprint density at radius 3 is 2.21 bits per heavy atom. The first-order valence-corrected chi connectivity index (χ1v) is 12.0. The van der Waals surface area contributed by atoms with E-state index in [0.717, 1.165) is 11.6 Å². The van der Waals surface area contributed by atoms with E-state index in [1.807, 2.05) is 30.3 Å². The van der Waals surface area contributed by atoms with Gasteiger partial charge in [0.05, 0.1) is 23.6 Å². The number of benzene rings is 3. The van der Waals surface area contributed by atoms with E-state index in [2.05, 4.69) is 4.72 Å². The van der Waals surface area contributed by atoms with E-state index in [1.165, 1.54) is 54.5 Å². The number of amides is 1. The van der Waals surface area contributed by atoms with Gasteiger partial charge >= 0.3 is 5.97 Å². The molecule has 0 aliphatic heterocycles. The molecule has 1 N–H and O–H groups in total. The monoisotopic (exact) mass is 484 g/mol. The second-order valence-corrected chi connectivity index (χ2v) is 9.39. The molecule has 1 unspecified atom stereocenters. The molecule has 3 aromatic carbocycles. The van der Waals surface area contributed by atoms with Crippen molar-refractivity contribution in [3.63, 3.8) is 0 Å². The molecule has 34 heavy (non-hydrogen) atoms. The fraction of sp³-hybridized carbons (Fsp3) is 0.200. The van der Waals surface area contributed by atoms with E-state index in [4.69, 9.17) is 4.74 Å². The van der Waals surface area contributed by atoms with Crippen LogP contribution in [0.3, 0.4) is 0 Å². The van der Waals surface area contributed by atoms with Crippen LogP contribution in [0.4, 0.5) is 10.1 Å². The number of methoxy groups -OCH3 is 1. The average molecular weight is 485 g/mol. The molecular formula is C25H25FN2O5S. The van der Waals surface area contributed by atoms with Crippen molar-refractivity contribution in [2.75, 3.05) is 18.4 Å². The molecule has 0 aliphatic rings. The standard InChI is InChI=1S/C25H25FN2O5S/c1-18(25(30)33-2)16-28(17-19-8-4-3-5-9-19)24(29)20-12-14-21(15-13-20)34(31,32)27-23-11-7-6-10-22(23)26/h3-15,18,27H,16-17H2,1-2H3. The molecule has 0 saturated heterocycles. The van der Waals surface area contributed by atoms with Gasteiger partial charge in [0.1, 0.15) is 5.82 Å². The molecule has 0 saturated carbocycles. The molecule has 3 aromatic rings. The number of nitrogens with zero attached hydrogens (tertiary/aromatic N) is 1. The van der Waals surface area contributed by atoms with Gasteiger partial charge < -0.3 is 9.64 Å². The summed E-state index contributed by atoms with van der Waals surface area (Å²) in [6.07, 6.45) is 0.